The summed E-state index contributed by atoms with van der Waals surface area (Å²) in [7, 11) is 0. The van der Waals surface area contributed by atoms with Crippen molar-refractivity contribution in [3.8, 4) is 0 Å². The number of carbonyl (C=O) groups excluding carboxylic acids is 1. The highest BCUT2D eigenvalue weighted by atomic mass is 16.2. The number of carbonyl (C=O) groups is 1. The maximum atomic E-state index is 12.9. The quantitative estimate of drug-likeness (QED) is 0.704. The minimum Gasteiger partial charge on any atom is -0.380 e. The number of anilines is 1. The Morgan fingerprint density at radius 3 is 2.41 bits per heavy atom. The van der Waals surface area contributed by atoms with Crippen LogP contribution < -0.4 is 5.32 Å². The number of amides is 1. The molecule has 3 aromatic rings. The van der Waals surface area contributed by atoms with Gasteiger partial charge in [-0.05, 0) is 29.3 Å². The molecule has 0 aliphatic carbocycles. The van der Waals surface area contributed by atoms with Crippen LogP contribution in [0.4, 0.5) is 5.69 Å². The average Bonchev–Trinajstić information content (AvgIpc) is 2.79. The predicted molar refractivity (Wildman–Crippen MR) is 113 cm³/mol. The second-order valence-electron chi connectivity index (χ2n) is 7.23. The van der Waals surface area contributed by atoms with Crippen LogP contribution >= 0.6 is 0 Å². The van der Waals surface area contributed by atoms with Crippen LogP contribution in [0.1, 0.15) is 21.5 Å². The monoisotopic (exact) mass is 387 g/mol. The topological polar surface area (TPSA) is 61.4 Å². The minimum absolute atomic E-state index is 0.0458. The summed E-state index contributed by atoms with van der Waals surface area (Å²) < 4.78 is 0. The van der Waals surface area contributed by atoms with Crippen LogP contribution in [0.2, 0.25) is 0 Å². The first-order valence-electron chi connectivity index (χ1n) is 9.91. The van der Waals surface area contributed by atoms with Gasteiger partial charge in [0, 0.05) is 64.1 Å². The van der Waals surface area contributed by atoms with Crippen molar-refractivity contribution in [1.29, 1.82) is 0 Å². The largest absolute Gasteiger partial charge is 0.380 e. The molecule has 1 saturated heterocycles. The Bertz CT molecular complexity index is 924. The summed E-state index contributed by atoms with van der Waals surface area (Å²) in [6.45, 7) is 4.83. The molecule has 148 valence electrons. The molecule has 0 radical (unpaired) electrons. The lowest BCUT2D eigenvalue weighted by atomic mass is 10.1. The first kappa shape index (κ1) is 19.1. The number of pyridine rings is 2. The molecule has 1 amide bonds. The second-order valence-corrected chi connectivity index (χ2v) is 7.23. The van der Waals surface area contributed by atoms with E-state index in [4.69, 9.17) is 0 Å². The van der Waals surface area contributed by atoms with Crippen molar-refractivity contribution in [2.75, 3.05) is 31.5 Å². The maximum absolute atomic E-state index is 12.9. The van der Waals surface area contributed by atoms with E-state index in [0.717, 1.165) is 44.0 Å². The Morgan fingerprint density at radius 1 is 0.897 bits per heavy atom. The highest BCUT2D eigenvalue weighted by Gasteiger charge is 2.22. The first-order valence-corrected chi connectivity index (χ1v) is 9.91. The first-order chi connectivity index (χ1) is 14.3. The molecule has 1 aliphatic heterocycles. The van der Waals surface area contributed by atoms with Gasteiger partial charge in [0.15, 0.2) is 0 Å². The number of nitrogens with one attached hydrogen (secondary N) is 1. The Kier molecular flexibility index (Phi) is 6.12. The van der Waals surface area contributed by atoms with Gasteiger partial charge in [0.1, 0.15) is 0 Å². The van der Waals surface area contributed by atoms with E-state index in [-0.39, 0.29) is 5.91 Å². The molecule has 1 aromatic carbocycles. The summed E-state index contributed by atoms with van der Waals surface area (Å²) in [5, 5.41) is 3.32. The predicted octanol–water partition coefficient (Wildman–Crippen LogP) is 3.05. The third-order valence-corrected chi connectivity index (χ3v) is 5.14. The molecule has 1 aliphatic rings. The molecule has 3 heterocycles. The molecular formula is C23H25N5O. The standard InChI is InChI=1S/C23H25N5O/c29-23(28-12-10-27(11-13-28)18-20-4-2-1-3-5-20)21-14-22(17-25-16-21)26-15-19-6-8-24-9-7-19/h1-9,14,16-17,26H,10-13,15,18H2. The smallest absolute Gasteiger partial charge is 0.255 e. The van der Waals surface area contributed by atoms with Gasteiger partial charge < -0.3 is 10.2 Å². The van der Waals surface area contributed by atoms with Gasteiger partial charge in [-0.3, -0.25) is 19.7 Å². The Morgan fingerprint density at radius 2 is 1.66 bits per heavy atom. The van der Waals surface area contributed by atoms with Crippen molar-refractivity contribution in [1.82, 2.24) is 19.8 Å². The Balaban J connectivity index is 1.31. The van der Waals surface area contributed by atoms with Crippen LogP contribution in [0, 0.1) is 0 Å². The Labute approximate surface area is 171 Å². The van der Waals surface area contributed by atoms with Gasteiger partial charge in [-0.15, -0.1) is 0 Å². The molecule has 2 aromatic heterocycles. The lowest BCUT2D eigenvalue weighted by Crippen LogP contribution is -2.48. The zero-order valence-corrected chi connectivity index (χ0v) is 16.4. The van der Waals surface area contributed by atoms with Crippen LogP contribution in [0.5, 0.6) is 0 Å². The summed E-state index contributed by atoms with van der Waals surface area (Å²) in [4.78, 5) is 25.5. The van der Waals surface area contributed by atoms with E-state index in [9.17, 15) is 4.79 Å². The fraction of sp³-hybridized carbons (Fsp3) is 0.261. The van der Waals surface area contributed by atoms with Gasteiger partial charge in [-0.1, -0.05) is 30.3 Å². The molecule has 4 rings (SSSR count). The van der Waals surface area contributed by atoms with Crippen molar-refractivity contribution < 1.29 is 4.79 Å². The van der Waals surface area contributed by atoms with Crippen LogP contribution in [-0.2, 0) is 13.1 Å². The molecule has 1 fully saturated rings. The molecule has 1 N–H and O–H groups in total. The van der Waals surface area contributed by atoms with Crippen molar-refractivity contribution in [3.05, 3.63) is 90.0 Å². The summed E-state index contributed by atoms with van der Waals surface area (Å²) in [5.74, 6) is 0.0458. The number of piperazine rings is 1. The summed E-state index contributed by atoms with van der Waals surface area (Å²) in [6, 6.07) is 16.3. The maximum Gasteiger partial charge on any atom is 0.255 e. The molecule has 0 bridgehead atoms. The lowest BCUT2D eigenvalue weighted by molar-refractivity contribution is 0.0628. The van der Waals surface area contributed by atoms with E-state index < -0.39 is 0 Å². The van der Waals surface area contributed by atoms with Crippen molar-refractivity contribution in [2.24, 2.45) is 0 Å². The molecular weight excluding hydrogens is 362 g/mol. The van der Waals surface area contributed by atoms with E-state index in [2.05, 4.69) is 44.5 Å². The molecule has 29 heavy (non-hydrogen) atoms. The summed E-state index contributed by atoms with van der Waals surface area (Å²) in [5.41, 5.74) is 3.91. The van der Waals surface area contributed by atoms with Gasteiger partial charge in [0.25, 0.3) is 5.91 Å². The third kappa shape index (κ3) is 5.18. The van der Waals surface area contributed by atoms with Gasteiger partial charge in [-0.25, -0.2) is 0 Å². The molecule has 0 saturated carbocycles. The van der Waals surface area contributed by atoms with E-state index in [1.54, 1.807) is 24.8 Å². The fourth-order valence-corrected chi connectivity index (χ4v) is 3.49. The van der Waals surface area contributed by atoms with E-state index >= 15 is 0 Å². The van der Waals surface area contributed by atoms with Crippen LogP contribution in [-0.4, -0.2) is 51.9 Å². The molecule has 6 nitrogen and oxygen atoms in total. The summed E-state index contributed by atoms with van der Waals surface area (Å²) >= 11 is 0. The van der Waals surface area contributed by atoms with Crippen molar-refractivity contribution in [2.45, 2.75) is 13.1 Å². The number of nitrogens with zero attached hydrogens (tertiary/aromatic N) is 4. The number of benzene rings is 1. The van der Waals surface area contributed by atoms with E-state index in [0.29, 0.717) is 12.1 Å². The SMILES string of the molecule is O=C(c1cncc(NCc2ccncc2)c1)N1CCN(Cc2ccccc2)CC1. The second kappa shape index (κ2) is 9.30. The number of hydrogen-bond acceptors (Lipinski definition) is 5. The Hall–Kier alpha value is -3.25. The van der Waals surface area contributed by atoms with Crippen molar-refractivity contribution >= 4 is 11.6 Å². The highest BCUT2D eigenvalue weighted by molar-refractivity contribution is 5.94. The van der Waals surface area contributed by atoms with Crippen LogP contribution in [0.15, 0.2) is 73.3 Å². The molecule has 0 unspecified atom stereocenters. The third-order valence-electron chi connectivity index (χ3n) is 5.14. The zero-order valence-electron chi connectivity index (χ0n) is 16.4. The van der Waals surface area contributed by atoms with Gasteiger partial charge in [-0.2, -0.15) is 0 Å². The molecule has 6 heteroatoms. The number of aromatic nitrogens is 2. The fourth-order valence-electron chi connectivity index (χ4n) is 3.49. The number of hydrogen-bond donors (Lipinski definition) is 1. The zero-order chi connectivity index (χ0) is 19.9. The van der Waals surface area contributed by atoms with Gasteiger partial charge in [0.2, 0.25) is 0 Å². The van der Waals surface area contributed by atoms with Gasteiger partial charge in [0.05, 0.1) is 11.3 Å². The van der Waals surface area contributed by atoms with E-state index in [1.165, 1.54) is 5.56 Å². The van der Waals surface area contributed by atoms with Crippen LogP contribution in [0.25, 0.3) is 0 Å². The minimum atomic E-state index is 0.0458. The van der Waals surface area contributed by atoms with Gasteiger partial charge >= 0.3 is 0 Å². The van der Waals surface area contributed by atoms with Crippen molar-refractivity contribution in [3.63, 3.8) is 0 Å². The normalized spacial score (nSPS) is 14.6. The number of rotatable bonds is 6. The lowest BCUT2D eigenvalue weighted by Gasteiger charge is -2.34. The highest BCUT2D eigenvalue weighted by Crippen LogP contribution is 2.15. The van der Waals surface area contributed by atoms with E-state index in [1.807, 2.05) is 29.2 Å². The summed E-state index contributed by atoms with van der Waals surface area (Å²) in [6.07, 6.45) is 6.94. The molecule has 0 spiro atoms. The average molecular weight is 387 g/mol. The molecule has 0 atom stereocenters. The van der Waals surface area contributed by atoms with Crippen LogP contribution in [0.3, 0.4) is 0 Å².